The molecule has 3 rings (SSSR count). The smallest absolute Gasteiger partial charge is 0.412 e. The van der Waals surface area contributed by atoms with Gasteiger partial charge < -0.3 is 15.5 Å². The van der Waals surface area contributed by atoms with Crippen LogP contribution in [0.1, 0.15) is 43.7 Å². The molecule has 3 N–H and O–H groups in total. The van der Waals surface area contributed by atoms with Crippen molar-refractivity contribution in [2.45, 2.75) is 44.2 Å². The van der Waals surface area contributed by atoms with Crippen molar-refractivity contribution in [2.75, 3.05) is 11.4 Å². The van der Waals surface area contributed by atoms with Gasteiger partial charge in [-0.3, -0.25) is 14.5 Å². The number of hydrogen-bond donors (Lipinski definition) is 3. The molecule has 2 aliphatic rings. The van der Waals surface area contributed by atoms with Gasteiger partial charge in [0.05, 0.1) is 18.7 Å². The highest BCUT2D eigenvalue weighted by atomic mass is 16.4. The van der Waals surface area contributed by atoms with Crippen LogP contribution in [0.2, 0.25) is 0 Å². The van der Waals surface area contributed by atoms with E-state index in [4.69, 9.17) is 5.11 Å². The lowest BCUT2D eigenvalue weighted by molar-refractivity contribution is -0.138. The average molecular weight is 346 g/mol. The van der Waals surface area contributed by atoms with E-state index in [-0.39, 0.29) is 43.2 Å². The van der Waals surface area contributed by atoms with Gasteiger partial charge in [0.15, 0.2) is 0 Å². The second kappa shape index (κ2) is 7.23. The molecule has 3 unspecified atom stereocenters. The summed E-state index contributed by atoms with van der Waals surface area (Å²) >= 11 is 0. The fourth-order valence-corrected chi connectivity index (χ4v) is 4.12. The zero-order valence-electron chi connectivity index (χ0n) is 13.9. The van der Waals surface area contributed by atoms with Crippen molar-refractivity contribution in [2.24, 2.45) is 5.92 Å². The van der Waals surface area contributed by atoms with Gasteiger partial charge in [-0.25, -0.2) is 4.79 Å². The third-order valence-electron chi connectivity index (χ3n) is 5.17. The number of para-hydroxylation sites is 1. The number of hydrogen-bond acceptors (Lipinski definition) is 4. The van der Waals surface area contributed by atoms with Crippen LogP contribution in [0.25, 0.3) is 0 Å². The molecule has 1 amide bonds. The summed E-state index contributed by atoms with van der Waals surface area (Å²) in [7, 11) is 0. The minimum atomic E-state index is -0.982. The van der Waals surface area contributed by atoms with E-state index in [1.54, 1.807) is 6.07 Å². The van der Waals surface area contributed by atoms with Crippen molar-refractivity contribution < 1.29 is 24.6 Å². The molecule has 0 spiro atoms. The Morgan fingerprint density at radius 3 is 2.60 bits per heavy atom. The summed E-state index contributed by atoms with van der Waals surface area (Å²) in [5.74, 6) is -1.00. The van der Waals surface area contributed by atoms with Crippen LogP contribution >= 0.6 is 0 Å². The summed E-state index contributed by atoms with van der Waals surface area (Å²) in [4.78, 5) is 35.8. The molecule has 0 radical (unpaired) electrons. The first-order valence-corrected chi connectivity index (χ1v) is 8.57. The fraction of sp³-hybridized carbons (Fsp3) is 0.500. The summed E-state index contributed by atoms with van der Waals surface area (Å²) in [5, 5.41) is 21.6. The third-order valence-corrected chi connectivity index (χ3v) is 5.17. The van der Waals surface area contributed by atoms with Gasteiger partial charge >= 0.3 is 12.1 Å². The Morgan fingerprint density at radius 2 is 1.88 bits per heavy atom. The highest BCUT2D eigenvalue weighted by Gasteiger charge is 2.45. The maximum atomic E-state index is 11.9. The second-order valence-electron chi connectivity index (χ2n) is 6.66. The Labute approximate surface area is 145 Å². The number of carbonyl (C=O) groups excluding carboxylic acids is 1. The third kappa shape index (κ3) is 3.51. The van der Waals surface area contributed by atoms with Crippen LogP contribution < -0.4 is 10.2 Å². The van der Waals surface area contributed by atoms with E-state index in [0.717, 1.165) is 24.8 Å². The molecular formula is C18H22N2O5. The van der Waals surface area contributed by atoms with Crippen molar-refractivity contribution in [3.8, 4) is 0 Å². The normalized spacial score (nSPS) is 24.5. The molecule has 1 aliphatic heterocycles. The number of aliphatic carboxylic acids is 1. The molecule has 0 aromatic heterocycles. The fourth-order valence-electron chi connectivity index (χ4n) is 4.12. The average Bonchev–Trinajstić information content (AvgIpc) is 3.05. The van der Waals surface area contributed by atoms with Gasteiger partial charge in [0.25, 0.3) is 0 Å². The van der Waals surface area contributed by atoms with Crippen LogP contribution in [0, 0.1) is 5.92 Å². The Hall–Kier alpha value is -2.41. The SMILES string of the molecule is O=C(O)CCC(=O)CNC1c2ccccc2N(C(=O)O)C2CCCC12. The van der Waals surface area contributed by atoms with Crippen LogP contribution in [0.5, 0.6) is 0 Å². The van der Waals surface area contributed by atoms with Gasteiger partial charge in [0.2, 0.25) is 0 Å². The number of nitrogens with one attached hydrogen (secondary N) is 1. The van der Waals surface area contributed by atoms with Gasteiger partial charge in [-0.05, 0) is 30.4 Å². The van der Waals surface area contributed by atoms with E-state index >= 15 is 0 Å². The number of rotatable bonds is 6. The number of carboxylic acids is 1. The molecule has 1 aliphatic carbocycles. The van der Waals surface area contributed by atoms with Crippen molar-refractivity contribution in [3.05, 3.63) is 29.8 Å². The molecule has 25 heavy (non-hydrogen) atoms. The Bertz CT molecular complexity index is 690. The summed E-state index contributed by atoms with van der Waals surface area (Å²) in [6, 6.07) is 7.22. The first-order valence-electron chi connectivity index (χ1n) is 8.57. The number of carboxylic acid groups (broad SMARTS) is 2. The number of Topliss-reactive ketones (excluding diaryl/α,β-unsaturated/α-hetero) is 1. The monoisotopic (exact) mass is 346 g/mol. The Morgan fingerprint density at radius 1 is 1.12 bits per heavy atom. The predicted molar refractivity (Wildman–Crippen MR) is 90.7 cm³/mol. The molecule has 1 aromatic rings. The zero-order chi connectivity index (χ0) is 18.0. The van der Waals surface area contributed by atoms with Crippen molar-refractivity contribution in [3.63, 3.8) is 0 Å². The Balaban J connectivity index is 1.80. The summed E-state index contributed by atoms with van der Waals surface area (Å²) in [5.41, 5.74) is 1.56. The van der Waals surface area contributed by atoms with Crippen LogP contribution in [-0.4, -0.2) is 40.6 Å². The largest absolute Gasteiger partial charge is 0.481 e. The summed E-state index contributed by atoms with van der Waals surface area (Å²) in [6.07, 6.45) is 1.57. The predicted octanol–water partition coefficient (Wildman–Crippen LogP) is 2.42. The minimum absolute atomic E-state index is 0.00600. The molecule has 1 aromatic carbocycles. The van der Waals surface area contributed by atoms with E-state index in [1.165, 1.54) is 4.90 Å². The van der Waals surface area contributed by atoms with Gasteiger partial charge in [0.1, 0.15) is 5.78 Å². The quantitative estimate of drug-likeness (QED) is 0.730. The molecule has 1 fully saturated rings. The first-order chi connectivity index (χ1) is 12.0. The molecule has 1 saturated carbocycles. The van der Waals surface area contributed by atoms with E-state index in [1.807, 2.05) is 18.2 Å². The van der Waals surface area contributed by atoms with Crippen molar-refractivity contribution in [1.82, 2.24) is 5.32 Å². The number of benzene rings is 1. The van der Waals surface area contributed by atoms with E-state index < -0.39 is 12.1 Å². The van der Waals surface area contributed by atoms with E-state index in [9.17, 15) is 19.5 Å². The molecule has 0 bridgehead atoms. The van der Waals surface area contributed by atoms with Crippen LogP contribution in [-0.2, 0) is 9.59 Å². The lowest BCUT2D eigenvalue weighted by Gasteiger charge is -2.42. The van der Waals surface area contributed by atoms with Gasteiger partial charge in [-0.15, -0.1) is 0 Å². The molecular weight excluding hydrogens is 324 g/mol. The maximum absolute atomic E-state index is 11.9. The van der Waals surface area contributed by atoms with Crippen molar-refractivity contribution in [1.29, 1.82) is 0 Å². The lowest BCUT2D eigenvalue weighted by atomic mass is 9.83. The van der Waals surface area contributed by atoms with E-state index in [0.29, 0.717) is 5.69 Å². The molecule has 1 heterocycles. The van der Waals surface area contributed by atoms with E-state index in [2.05, 4.69) is 5.32 Å². The molecule has 7 nitrogen and oxygen atoms in total. The van der Waals surface area contributed by atoms with Crippen LogP contribution in [0.4, 0.5) is 10.5 Å². The Kier molecular flexibility index (Phi) is 5.03. The maximum Gasteiger partial charge on any atom is 0.412 e. The standard InChI is InChI=1S/C18H22N2O5/c21-11(8-9-16(22)23)10-19-17-12-4-1-2-6-14(12)20(18(24)25)15-7-3-5-13(15)17/h1-2,4,6,13,15,17,19H,3,5,7-10H2,(H,22,23)(H,24,25). The highest BCUT2D eigenvalue weighted by molar-refractivity contribution is 5.89. The molecule has 7 heteroatoms. The number of anilines is 1. The second-order valence-corrected chi connectivity index (χ2v) is 6.66. The van der Waals surface area contributed by atoms with Gasteiger partial charge in [-0.1, -0.05) is 24.6 Å². The summed E-state index contributed by atoms with van der Waals surface area (Å²) < 4.78 is 0. The van der Waals surface area contributed by atoms with Gasteiger partial charge in [0, 0.05) is 18.5 Å². The molecule has 3 atom stereocenters. The lowest BCUT2D eigenvalue weighted by Crippen LogP contribution is -2.50. The summed E-state index contributed by atoms with van der Waals surface area (Å²) in [6.45, 7) is 0.0998. The topological polar surface area (TPSA) is 107 Å². The van der Waals surface area contributed by atoms with Crippen molar-refractivity contribution >= 4 is 23.5 Å². The first kappa shape index (κ1) is 17.4. The highest BCUT2D eigenvalue weighted by Crippen LogP contribution is 2.47. The number of nitrogens with zero attached hydrogens (tertiary/aromatic N) is 1. The number of carbonyl (C=O) groups is 3. The molecule has 0 saturated heterocycles. The molecule has 134 valence electrons. The number of amides is 1. The van der Waals surface area contributed by atoms with Gasteiger partial charge in [-0.2, -0.15) is 0 Å². The van der Waals surface area contributed by atoms with Crippen LogP contribution in [0.3, 0.4) is 0 Å². The number of fused-ring (bicyclic) bond motifs is 2. The zero-order valence-corrected chi connectivity index (χ0v) is 13.9. The number of ketones is 1. The van der Waals surface area contributed by atoms with Crippen LogP contribution in [0.15, 0.2) is 24.3 Å². The minimum Gasteiger partial charge on any atom is -0.481 e.